The Labute approximate surface area is 141 Å². The van der Waals surface area contributed by atoms with E-state index < -0.39 is 0 Å². The minimum Gasteiger partial charge on any atom is -0.497 e. The van der Waals surface area contributed by atoms with E-state index in [4.69, 9.17) is 26.8 Å². The van der Waals surface area contributed by atoms with Crippen molar-refractivity contribution in [3.8, 4) is 11.5 Å². The predicted octanol–water partition coefficient (Wildman–Crippen LogP) is 3.72. The van der Waals surface area contributed by atoms with Crippen molar-refractivity contribution in [3.05, 3.63) is 59.1 Å². The van der Waals surface area contributed by atoms with Gasteiger partial charge in [-0.1, -0.05) is 29.8 Å². The molecule has 0 fully saturated rings. The Morgan fingerprint density at radius 2 is 1.87 bits per heavy atom. The van der Waals surface area contributed by atoms with Crippen LogP contribution in [0.4, 0.5) is 0 Å². The Bertz CT molecular complexity index is 656. The average Bonchev–Trinajstić information content (AvgIpc) is 2.55. The summed E-state index contributed by atoms with van der Waals surface area (Å²) in [6.45, 7) is 2.45. The number of aliphatic imine (C=N–C) groups is 1. The van der Waals surface area contributed by atoms with Crippen LogP contribution in [0.3, 0.4) is 0 Å². The highest BCUT2D eigenvalue weighted by atomic mass is 35.5. The molecule has 2 aromatic rings. The van der Waals surface area contributed by atoms with Crippen molar-refractivity contribution < 1.29 is 9.47 Å². The van der Waals surface area contributed by atoms with E-state index in [-0.39, 0.29) is 6.10 Å². The number of nitrogens with zero attached hydrogens (tertiary/aromatic N) is 1. The zero-order valence-electron chi connectivity index (χ0n) is 13.3. The van der Waals surface area contributed by atoms with Gasteiger partial charge in [0.15, 0.2) is 0 Å². The summed E-state index contributed by atoms with van der Waals surface area (Å²) in [7, 11) is 1.63. The van der Waals surface area contributed by atoms with Gasteiger partial charge in [0, 0.05) is 17.5 Å². The molecule has 0 aliphatic heterocycles. The number of hydrogen-bond acceptors (Lipinski definition) is 3. The molecule has 0 heterocycles. The van der Waals surface area contributed by atoms with Crippen LogP contribution in [-0.4, -0.2) is 25.6 Å². The molecule has 2 aromatic carbocycles. The van der Waals surface area contributed by atoms with Gasteiger partial charge >= 0.3 is 0 Å². The number of ether oxygens (including phenoxy) is 2. The third kappa shape index (κ3) is 5.83. The molecular weight excluding hydrogens is 312 g/mol. The van der Waals surface area contributed by atoms with Gasteiger partial charge < -0.3 is 15.2 Å². The maximum Gasteiger partial charge on any atom is 0.123 e. The van der Waals surface area contributed by atoms with Gasteiger partial charge in [-0.2, -0.15) is 0 Å². The van der Waals surface area contributed by atoms with Gasteiger partial charge in [0.1, 0.15) is 17.6 Å². The fourth-order valence-corrected chi connectivity index (χ4v) is 2.18. The van der Waals surface area contributed by atoms with Crippen LogP contribution >= 0.6 is 11.6 Å². The lowest BCUT2D eigenvalue weighted by atomic mass is 10.1. The molecule has 0 saturated heterocycles. The molecule has 2 N–H and O–H groups in total. The van der Waals surface area contributed by atoms with E-state index in [0.29, 0.717) is 23.8 Å². The third-order valence-corrected chi connectivity index (χ3v) is 3.48. The van der Waals surface area contributed by atoms with Crippen LogP contribution in [0.15, 0.2) is 53.5 Å². The van der Waals surface area contributed by atoms with E-state index in [0.717, 1.165) is 17.1 Å². The molecule has 0 radical (unpaired) electrons. The molecule has 0 spiro atoms. The lowest BCUT2D eigenvalue weighted by molar-refractivity contribution is 0.229. The molecule has 0 aliphatic carbocycles. The van der Waals surface area contributed by atoms with Crippen molar-refractivity contribution in [1.29, 1.82) is 0 Å². The lowest BCUT2D eigenvalue weighted by Gasteiger charge is -2.13. The minimum atomic E-state index is -0.0779. The van der Waals surface area contributed by atoms with E-state index >= 15 is 0 Å². The molecule has 4 nitrogen and oxygen atoms in total. The largest absolute Gasteiger partial charge is 0.497 e. The van der Waals surface area contributed by atoms with Crippen molar-refractivity contribution in [1.82, 2.24) is 0 Å². The van der Waals surface area contributed by atoms with Crippen molar-refractivity contribution in [2.75, 3.05) is 13.7 Å². The molecule has 1 unspecified atom stereocenters. The van der Waals surface area contributed by atoms with Crippen molar-refractivity contribution in [2.45, 2.75) is 19.4 Å². The molecule has 5 heteroatoms. The molecule has 1 atom stereocenters. The highest BCUT2D eigenvalue weighted by molar-refractivity contribution is 6.30. The van der Waals surface area contributed by atoms with Gasteiger partial charge in [0.05, 0.1) is 19.5 Å². The average molecular weight is 333 g/mol. The topological polar surface area (TPSA) is 56.8 Å². The van der Waals surface area contributed by atoms with Gasteiger partial charge in [-0.15, -0.1) is 0 Å². The minimum absolute atomic E-state index is 0.0779. The fourth-order valence-electron chi connectivity index (χ4n) is 2.06. The highest BCUT2D eigenvalue weighted by Gasteiger charge is 2.05. The fraction of sp³-hybridized carbons (Fsp3) is 0.278. The zero-order valence-corrected chi connectivity index (χ0v) is 14.1. The smallest absolute Gasteiger partial charge is 0.123 e. The van der Waals surface area contributed by atoms with Crippen LogP contribution in [0.5, 0.6) is 11.5 Å². The summed E-state index contributed by atoms with van der Waals surface area (Å²) < 4.78 is 11.0. The number of methoxy groups -OCH3 is 1. The molecule has 0 amide bonds. The molecular formula is C18H21ClN2O2. The first-order valence-electron chi connectivity index (χ1n) is 7.41. The Morgan fingerprint density at radius 3 is 2.57 bits per heavy atom. The molecule has 2 rings (SSSR count). The maximum atomic E-state index is 5.97. The van der Waals surface area contributed by atoms with Crippen LogP contribution in [-0.2, 0) is 6.42 Å². The Kier molecular flexibility index (Phi) is 6.29. The van der Waals surface area contributed by atoms with E-state index in [1.807, 2.05) is 55.5 Å². The summed E-state index contributed by atoms with van der Waals surface area (Å²) in [5.41, 5.74) is 7.05. The molecule has 23 heavy (non-hydrogen) atoms. The summed E-state index contributed by atoms with van der Waals surface area (Å²) >= 11 is 5.86. The van der Waals surface area contributed by atoms with Crippen LogP contribution in [0.1, 0.15) is 12.5 Å². The van der Waals surface area contributed by atoms with Crippen molar-refractivity contribution >= 4 is 17.4 Å². The Hall–Kier alpha value is -2.20. The molecule has 0 bridgehead atoms. The summed E-state index contributed by atoms with van der Waals surface area (Å²) in [5.74, 6) is 2.09. The number of rotatable bonds is 7. The second-order valence-corrected chi connectivity index (χ2v) is 5.68. The van der Waals surface area contributed by atoms with Crippen LogP contribution in [0.25, 0.3) is 0 Å². The predicted molar refractivity (Wildman–Crippen MR) is 94.7 cm³/mol. The van der Waals surface area contributed by atoms with E-state index in [9.17, 15) is 0 Å². The molecule has 0 aromatic heterocycles. The van der Waals surface area contributed by atoms with Crippen LogP contribution < -0.4 is 15.2 Å². The molecule has 0 saturated carbocycles. The first-order valence-corrected chi connectivity index (χ1v) is 7.78. The first kappa shape index (κ1) is 17.2. The van der Waals surface area contributed by atoms with Crippen LogP contribution in [0.2, 0.25) is 5.02 Å². The Morgan fingerprint density at radius 1 is 1.17 bits per heavy atom. The maximum absolute atomic E-state index is 5.97. The van der Waals surface area contributed by atoms with Gasteiger partial charge in [-0.05, 0) is 36.8 Å². The van der Waals surface area contributed by atoms with Gasteiger partial charge in [-0.3, -0.25) is 4.99 Å². The van der Waals surface area contributed by atoms with Gasteiger partial charge in [-0.25, -0.2) is 0 Å². The summed E-state index contributed by atoms with van der Waals surface area (Å²) in [4.78, 5) is 4.39. The monoisotopic (exact) mass is 332 g/mol. The van der Waals surface area contributed by atoms with Crippen molar-refractivity contribution in [3.63, 3.8) is 0 Å². The second kappa shape index (κ2) is 8.44. The summed E-state index contributed by atoms with van der Waals surface area (Å²) in [5, 5.41) is 0.713. The number of halogens is 1. The molecule has 0 aliphatic rings. The van der Waals surface area contributed by atoms with Gasteiger partial charge in [0.2, 0.25) is 0 Å². The van der Waals surface area contributed by atoms with Gasteiger partial charge in [0.25, 0.3) is 0 Å². The first-order chi connectivity index (χ1) is 11.1. The molecule has 122 valence electrons. The van der Waals surface area contributed by atoms with E-state index in [1.54, 1.807) is 7.11 Å². The summed E-state index contributed by atoms with van der Waals surface area (Å²) in [6.07, 6.45) is 0.522. The number of benzene rings is 2. The van der Waals surface area contributed by atoms with E-state index in [2.05, 4.69) is 4.99 Å². The number of nitrogens with two attached hydrogens (primary N) is 1. The second-order valence-electron chi connectivity index (χ2n) is 5.24. The Balaban J connectivity index is 1.86. The van der Waals surface area contributed by atoms with E-state index in [1.165, 1.54) is 0 Å². The number of amidine groups is 1. The lowest BCUT2D eigenvalue weighted by Crippen LogP contribution is -2.21. The quantitative estimate of drug-likeness (QED) is 0.621. The van der Waals surface area contributed by atoms with Crippen LogP contribution in [0, 0.1) is 0 Å². The summed E-state index contributed by atoms with van der Waals surface area (Å²) in [6, 6.07) is 15.1. The standard InChI is InChI=1S/C18H21ClN2O2/c1-13(23-17-5-3-4-16(11-17)22-2)12-21-18(20)10-14-6-8-15(19)9-7-14/h3-9,11,13H,10,12H2,1-2H3,(H2,20,21). The zero-order chi connectivity index (χ0) is 16.7. The van der Waals surface area contributed by atoms with Crippen molar-refractivity contribution in [2.24, 2.45) is 10.7 Å². The normalized spacial score (nSPS) is 12.7. The number of hydrogen-bond donors (Lipinski definition) is 1. The third-order valence-electron chi connectivity index (χ3n) is 3.23. The highest BCUT2D eigenvalue weighted by Crippen LogP contribution is 2.20. The SMILES string of the molecule is COc1cccc(OC(C)CN=C(N)Cc2ccc(Cl)cc2)c1.